The van der Waals surface area contributed by atoms with Gasteiger partial charge in [0, 0.05) is 6.07 Å². The molecule has 9 heteroatoms. The molecule has 0 bridgehead atoms. The fraction of sp³-hybridized carbons (Fsp3) is 0.235. The van der Waals surface area contributed by atoms with Gasteiger partial charge in [-0.25, -0.2) is 13.1 Å². The third-order valence-electron chi connectivity index (χ3n) is 4.35. The molecule has 0 aromatic heterocycles. The Kier molecular flexibility index (Phi) is 4.64. The van der Waals surface area contributed by atoms with Gasteiger partial charge in [0.1, 0.15) is 5.75 Å². The molecule has 1 amide bonds. The number of methoxy groups -OCH3 is 1. The summed E-state index contributed by atoms with van der Waals surface area (Å²) in [6.45, 7) is 0. The number of nitrogens with zero attached hydrogens (tertiary/aromatic N) is 1. The minimum atomic E-state index is -4.36. The van der Waals surface area contributed by atoms with Crippen LogP contribution in [0.4, 0.5) is 5.69 Å². The van der Waals surface area contributed by atoms with Crippen LogP contribution < -0.4 is 9.46 Å². The molecule has 0 aliphatic heterocycles. The van der Waals surface area contributed by atoms with Gasteiger partial charge >= 0.3 is 0 Å². The predicted octanol–water partition coefficient (Wildman–Crippen LogP) is 2.14. The molecule has 0 heterocycles. The summed E-state index contributed by atoms with van der Waals surface area (Å²) in [6, 6.07) is 10.2. The lowest BCUT2D eigenvalue weighted by molar-refractivity contribution is -0.387. The number of nitro benzene ring substituents is 1. The first-order valence-corrected chi connectivity index (χ1v) is 9.29. The molecule has 2 aromatic rings. The van der Waals surface area contributed by atoms with Gasteiger partial charge in [-0.2, -0.15) is 0 Å². The zero-order valence-corrected chi connectivity index (χ0v) is 14.7. The summed E-state index contributed by atoms with van der Waals surface area (Å²) in [5, 5.41) is 11.1. The van der Waals surface area contributed by atoms with Gasteiger partial charge < -0.3 is 4.74 Å². The predicted molar refractivity (Wildman–Crippen MR) is 92.5 cm³/mol. The highest BCUT2D eigenvalue weighted by Crippen LogP contribution is 2.38. The lowest BCUT2D eigenvalue weighted by Crippen LogP contribution is -2.34. The van der Waals surface area contributed by atoms with Crippen LogP contribution in [0.25, 0.3) is 0 Å². The number of hydrogen-bond acceptors (Lipinski definition) is 6. The summed E-state index contributed by atoms with van der Waals surface area (Å²) >= 11 is 0. The van der Waals surface area contributed by atoms with E-state index in [-0.39, 0.29) is 0 Å². The summed E-state index contributed by atoms with van der Waals surface area (Å²) in [7, 11) is -2.83. The average molecular weight is 376 g/mol. The van der Waals surface area contributed by atoms with Crippen molar-refractivity contribution in [1.82, 2.24) is 4.72 Å². The highest BCUT2D eigenvalue weighted by atomic mass is 32.2. The highest BCUT2D eigenvalue weighted by Gasteiger charge is 2.34. The SMILES string of the molecule is COc1cccc2c1CCC2C(=O)NS(=O)(=O)c1ccccc1[N+](=O)[O-]. The molecule has 0 radical (unpaired) electrons. The van der Waals surface area contributed by atoms with Crippen LogP contribution in [0.2, 0.25) is 0 Å². The minimum absolute atomic E-state index is 0.438. The van der Waals surface area contributed by atoms with E-state index in [1.807, 2.05) is 4.72 Å². The summed E-state index contributed by atoms with van der Waals surface area (Å²) in [4.78, 5) is 22.3. The van der Waals surface area contributed by atoms with E-state index in [2.05, 4.69) is 0 Å². The maximum Gasteiger partial charge on any atom is 0.289 e. The molecule has 1 N–H and O–H groups in total. The Bertz CT molecular complexity index is 986. The number of benzene rings is 2. The van der Waals surface area contributed by atoms with Gasteiger partial charge in [-0.3, -0.25) is 14.9 Å². The Balaban J connectivity index is 1.90. The molecule has 2 aromatic carbocycles. The second kappa shape index (κ2) is 6.75. The fourth-order valence-electron chi connectivity index (χ4n) is 3.18. The van der Waals surface area contributed by atoms with E-state index < -0.39 is 37.4 Å². The van der Waals surface area contributed by atoms with Crippen LogP contribution in [0.3, 0.4) is 0 Å². The van der Waals surface area contributed by atoms with Gasteiger partial charge in [0.2, 0.25) is 5.91 Å². The Hall–Kier alpha value is -2.94. The second-order valence-corrected chi connectivity index (χ2v) is 7.46. The van der Waals surface area contributed by atoms with Crippen molar-refractivity contribution in [2.45, 2.75) is 23.7 Å². The van der Waals surface area contributed by atoms with Crippen molar-refractivity contribution in [3.05, 3.63) is 63.7 Å². The Labute approximate surface area is 150 Å². The quantitative estimate of drug-likeness (QED) is 0.631. The van der Waals surface area contributed by atoms with E-state index in [9.17, 15) is 23.3 Å². The van der Waals surface area contributed by atoms with E-state index in [4.69, 9.17) is 4.74 Å². The van der Waals surface area contributed by atoms with Crippen LogP contribution in [-0.4, -0.2) is 26.4 Å². The van der Waals surface area contributed by atoms with Crippen molar-refractivity contribution in [2.75, 3.05) is 7.11 Å². The van der Waals surface area contributed by atoms with Gasteiger partial charge in [0.25, 0.3) is 15.7 Å². The number of amides is 1. The number of hydrogen-bond donors (Lipinski definition) is 1. The van der Waals surface area contributed by atoms with Crippen molar-refractivity contribution >= 4 is 21.6 Å². The number of nitrogens with one attached hydrogen (secondary N) is 1. The van der Waals surface area contributed by atoms with Crippen molar-refractivity contribution in [2.24, 2.45) is 0 Å². The van der Waals surface area contributed by atoms with Gasteiger partial charge in [0.05, 0.1) is 18.0 Å². The maximum absolute atomic E-state index is 12.6. The van der Waals surface area contributed by atoms with E-state index in [1.165, 1.54) is 19.2 Å². The molecule has 0 spiro atoms. The maximum atomic E-state index is 12.6. The number of carbonyl (C=O) groups is 1. The van der Waals surface area contributed by atoms with E-state index in [0.717, 1.165) is 17.7 Å². The molecular weight excluding hydrogens is 360 g/mol. The van der Waals surface area contributed by atoms with Crippen LogP contribution in [0.15, 0.2) is 47.4 Å². The largest absolute Gasteiger partial charge is 0.496 e. The first-order valence-electron chi connectivity index (χ1n) is 7.81. The van der Waals surface area contributed by atoms with Crippen molar-refractivity contribution in [3.8, 4) is 5.75 Å². The highest BCUT2D eigenvalue weighted by molar-refractivity contribution is 7.90. The first kappa shape index (κ1) is 17.9. The average Bonchev–Trinajstić information content (AvgIpc) is 3.05. The zero-order chi connectivity index (χ0) is 18.9. The zero-order valence-electron chi connectivity index (χ0n) is 13.8. The lowest BCUT2D eigenvalue weighted by atomic mass is 10.0. The van der Waals surface area contributed by atoms with Crippen molar-refractivity contribution in [3.63, 3.8) is 0 Å². The second-order valence-electron chi connectivity index (χ2n) is 5.81. The van der Waals surface area contributed by atoms with Crippen LogP contribution >= 0.6 is 0 Å². The summed E-state index contributed by atoms with van der Waals surface area (Å²) in [6.07, 6.45) is 1.02. The minimum Gasteiger partial charge on any atom is -0.496 e. The Morgan fingerprint density at radius 1 is 1.23 bits per heavy atom. The monoisotopic (exact) mass is 376 g/mol. The van der Waals surface area contributed by atoms with Crippen LogP contribution in [0.5, 0.6) is 5.75 Å². The number of ether oxygens (including phenoxy) is 1. The third-order valence-corrected chi connectivity index (χ3v) is 5.74. The number of fused-ring (bicyclic) bond motifs is 1. The number of nitro groups is 1. The molecule has 0 fully saturated rings. The van der Waals surface area contributed by atoms with E-state index in [1.54, 1.807) is 18.2 Å². The molecule has 8 nitrogen and oxygen atoms in total. The third kappa shape index (κ3) is 3.13. The van der Waals surface area contributed by atoms with Gasteiger partial charge in [-0.15, -0.1) is 0 Å². The lowest BCUT2D eigenvalue weighted by Gasteiger charge is -2.13. The molecule has 136 valence electrons. The molecule has 26 heavy (non-hydrogen) atoms. The van der Waals surface area contributed by atoms with Gasteiger partial charge in [-0.05, 0) is 36.1 Å². The van der Waals surface area contributed by atoms with Gasteiger partial charge in [-0.1, -0.05) is 24.3 Å². The molecule has 0 saturated heterocycles. The first-order chi connectivity index (χ1) is 12.3. The standard InChI is InChI=1S/C17H16N2O6S/c1-25-15-7-4-5-11-12(15)9-10-13(11)17(20)18-26(23,24)16-8-3-2-6-14(16)19(21)22/h2-8,13H,9-10H2,1H3,(H,18,20). The summed E-state index contributed by atoms with van der Waals surface area (Å²) in [5.74, 6) is -0.716. The van der Waals surface area contributed by atoms with E-state index in [0.29, 0.717) is 24.2 Å². The number of sulfonamides is 1. The van der Waals surface area contributed by atoms with Crippen molar-refractivity contribution < 1.29 is 22.9 Å². The van der Waals surface area contributed by atoms with Gasteiger partial charge in [0.15, 0.2) is 4.90 Å². The van der Waals surface area contributed by atoms with E-state index >= 15 is 0 Å². The smallest absolute Gasteiger partial charge is 0.289 e. The number of para-hydroxylation sites is 1. The molecule has 1 aliphatic rings. The molecular formula is C17H16N2O6S. The normalized spacial score (nSPS) is 16.0. The Morgan fingerprint density at radius 2 is 1.96 bits per heavy atom. The number of carbonyl (C=O) groups excluding carboxylic acids is 1. The molecule has 0 saturated carbocycles. The van der Waals surface area contributed by atoms with Crippen LogP contribution in [0, 0.1) is 10.1 Å². The topological polar surface area (TPSA) is 116 Å². The fourth-order valence-corrected chi connectivity index (χ4v) is 4.37. The molecule has 1 aliphatic carbocycles. The van der Waals surface area contributed by atoms with Crippen LogP contribution in [0.1, 0.15) is 23.5 Å². The Morgan fingerprint density at radius 3 is 2.65 bits per heavy atom. The number of rotatable bonds is 5. The summed E-state index contributed by atoms with van der Waals surface area (Å²) in [5.41, 5.74) is 0.999. The molecule has 1 unspecified atom stereocenters. The summed E-state index contributed by atoms with van der Waals surface area (Å²) < 4.78 is 32.2. The molecule has 3 rings (SSSR count). The van der Waals surface area contributed by atoms with Crippen molar-refractivity contribution in [1.29, 1.82) is 0 Å². The molecule has 1 atom stereocenters. The van der Waals surface area contributed by atoms with Crippen LogP contribution in [-0.2, 0) is 21.2 Å².